The first-order valence-corrected chi connectivity index (χ1v) is 11.6. The Morgan fingerprint density at radius 3 is 2.23 bits per heavy atom. The Kier molecular flexibility index (Phi) is 6.60. The van der Waals surface area contributed by atoms with E-state index in [9.17, 15) is 22.0 Å². The van der Waals surface area contributed by atoms with Crippen molar-refractivity contribution >= 4 is 33.0 Å². The molecule has 1 amide bonds. The maximum Gasteiger partial charge on any atom is 0.247 e. The van der Waals surface area contributed by atoms with Gasteiger partial charge in [-0.15, -0.1) is 0 Å². The third-order valence-electron chi connectivity index (χ3n) is 5.10. The molecule has 1 aliphatic heterocycles. The molecule has 2 aromatic rings. The third kappa shape index (κ3) is 5.08. The smallest absolute Gasteiger partial charge is 0.247 e. The van der Waals surface area contributed by atoms with Crippen LogP contribution in [0, 0.1) is 11.6 Å². The molecular weight excluding hydrogens is 412 g/mol. The normalized spacial score (nSPS) is 15.5. The number of carbonyl (C=O) groups is 1. The second-order valence-corrected chi connectivity index (χ2v) is 9.28. The number of amides is 1. The van der Waals surface area contributed by atoms with Crippen LogP contribution in [0.3, 0.4) is 0 Å². The molecule has 9 heteroatoms. The van der Waals surface area contributed by atoms with Crippen LogP contribution in [-0.4, -0.2) is 39.7 Å². The van der Waals surface area contributed by atoms with Crippen LogP contribution >= 0.6 is 0 Å². The summed E-state index contributed by atoms with van der Waals surface area (Å²) in [5, 5.41) is 2.69. The molecule has 1 atom stereocenters. The van der Waals surface area contributed by atoms with E-state index in [4.69, 9.17) is 0 Å². The van der Waals surface area contributed by atoms with Crippen molar-refractivity contribution in [1.29, 1.82) is 0 Å². The summed E-state index contributed by atoms with van der Waals surface area (Å²) in [5.41, 5.74) is 1.46. The number of benzene rings is 2. The van der Waals surface area contributed by atoms with Crippen LogP contribution in [0.2, 0.25) is 0 Å². The van der Waals surface area contributed by atoms with Gasteiger partial charge in [0, 0.05) is 30.5 Å². The number of nitrogens with one attached hydrogen (secondary N) is 1. The van der Waals surface area contributed by atoms with Gasteiger partial charge in [0.2, 0.25) is 15.9 Å². The van der Waals surface area contributed by atoms with E-state index in [0.29, 0.717) is 5.69 Å². The number of hydrogen-bond donors (Lipinski definition) is 1. The fourth-order valence-electron chi connectivity index (χ4n) is 3.59. The Hall–Kier alpha value is -2.68. The highest BCUT2D eigenvalue weighted by Gasteiger charge is 2.30. The predicted molar refractivity (Wildman–Crippen MR) is 114 cm³/mol. The summed E-state index contributed by atoms with van der Waals surface area (Å²) in [6.07, 6.45) is 4.45. The fraction of sp³-hybridized carbons (Fsp3) is 0.381. The largest absolute Gasteiger partial charge is 0.372 e. The average molecular weight is 438 g/mol. The highest BCUT2D eigenvalue weighted by molar-refractivity contribution is 7.92. The van der Waals surface area contributed by atoms with Gasteiger partial charge in [-0.05, 0) is 62.6 Å². The number of hydrogen-bond acceptors (Lipinski definition) is 4. The summed E-state index contributed by atoms with van der Waals surface area (Å²) in [7, 11) is -3.93. The van der Waals surface area contributed by atoms with Crippen LogP contribution in [0.1, 0.15) is 26.2 Å². The number of carbonyl (C=O) groups excluding carboxylic acids is 1. The molecular formula is C21H25F2N3O3S. The topological polar surface area (TPSA) is 69.7 Å². The molecule has 162 valence electrons. The zero-order valence-corrected chi connectivity index (χ0v) is 17.8. The minimum absolute atomic E-state index is 0.125. The Morgan fingerprint density at radius 2 is 1.67 bits per heavy atom. The summed E-state index contributed by atoms with van der Waals surface area (Å²) in [5.74, 6) is -2.88. The lowest BCUT2D eigenvalue weighted by molar-refractivity contribution is -0.116. The molecule has 1 fully saturated rings. The van der Waals surface area contributed by atoms with Crippen LogP contribution in [-0.2, 0) is 14.8 Å². The van der Waals surface area contributed by atoms with Gasteiger partial charge in [-0.25, -0.2) is 17.2 Å². The molecule has 3 rings (SSSR count). The zero-order valence-electron chi connectivity index (χ0n) is 16.9. The number of anilines is 3. The van der Waals surface area contributed by atoms with Gasteiger partial charge in [0.1, 0.15) is 6.04 Å². The van der Waals surface area contributed by atoms with Gasteiger partial charge < -0.3 is 10.2 Å². The molecule has 0 bridgehead atoms. The Balaban J connectivity index is 1.76. The van der Waals surface area contributed by atoms with Crippen molar-refractivity contribution in [1.82, 2.24) is 0 Å². The monoisotopic (exact) mass is 437 g/mol. The van der Waals surface area contributed by atoms with E-state index < -0.39 is 33.6 Å². The van der Waals surface area contributed by atoms with Crippen LogP contribution in [0.5, 0.6) is 0 Å². The molecule has 0 spiro atoms. The zero-order chi connectivity index (χ0) is 21.9. The van der Waals surface area contributed by atoms with Gasteiger partial charge >= 0.3 is 0 Å². The summed E-state index contributed by atoms with van der Waals surface area (Å²) >= 11 is 0. The Labute approximate surface area is 175 Å². The molecule has 0 unspecified atom stereocenters. The van der Waals surface area contributed by atoms with Gasteiger partial charge in [0.15, 0.2) is 11.6 Å². The lowest BCUT2D eigenvalue weighted by Crippen LogP contribution is -2.45. The maximum absolute atomic E-state index is 13.6. The van der Waals surface area contributed by atoms with Crippen LogP contribution < -0.4 is 14.5 Å². The summed E-state index contributed by atoms with van der Waals surface area (Å²) in [4.78, 5) is 15.0. The molecule has 0 saturated carbocycles. The predicted octanol–water partition coefficient (Wildman–Crippen LogP) is 3.75. The van der Waals surface area contributed by atoms with Crippen LogP contribution in [0.4, 0.5) is 25.8 Å². The second-order valence-electron chi connectivity index (χ2n) is 7.42. The van der Waals surface area contributed by atoms with Crippen molar-refractivity contribution in [3.8, 4) is 0 Å². The quantitative estimate of drug-likeness (QED) is 0.747. The van der Waals surface area contributed by atoms with Gasteiger partial charge in [-0.2, -0.15) is 0 Å². The van der Waals surface area contributed by atoms with E-state index >= 15 is 0 Å². The molecule has 6 nitrogen and oxygen atoms in total. The van der Waals surface area contributed by atoms with E-state index in [1.165, 1.54) is 13.3 Å². The van der Waals surface area contributed by atoms with Crippen molar-refractivity contribution in [2.45, 2.75) is 32.2 Å². The van der Waals surface area contributed by atoms with Crippen molar-refractivity contribution in [3.63, 3.8) is 0 Å². The van der Waals surface area contributed by atoms with Crippen molar-refractivity contribution in [3.05, 3.63) is 54.1 Å². The molecule has 0 aromatic heterocycles. The number of halogens is 2. The van der Waals surface area contributed by atoms with E-state index in [-0.39, 0.29) is 5.69 Å². The molecule has 2 aromatic carbocycles. The molecule has 1 heterocycles. The molecule has 1 aliphatic rings. The summed E-state index contributed by atoms with van der Waals surface area (Å²) in [6.45, 7) is 3.39. The van der Waals surface area contributed by atoms with Gasteiger partial charge in [0.25, 0.3) is 0 Å². The Morgan fingerprint density at radius 1 is 1.03 bits per heavy atom. The second kappa shape index (κ2) is 8.99. The number of nitrogens with zero attached hydrogens (tertiary/aromatic N) is 2. The first-order chi connectivity index (χ1) is 14.2. The minimum Gasteiger partial charge on any atom is -0.372 e. The van der Waals surface area contributed by atoms with Gasteiger partial charge in [-0.3, -0.25) is 9.10 Å². The highest BCUT2D eigenvalue weighted by Crippen LogP contribution is 2.25. The SMILES string of the molecule is C[C@@H](C(=O)Nc1ccc(N2CCCCC2)cc1)N(c1ccc(F)c(F)c1)S(C)(=O)=O. The number of rotatable bonds is 6. The number of sulfonamides is 1. The lowest BCUT2D eigenvalue weighted by Gasteiger charge is -2.29. The third-order valence-corrected chi connectivity index (χ3v) is 6.34. The van der Waals surface area contributed by atoms with Crippen LogP contribution in [0.25, 0.3) is 0 Å². The van der Waals surface area contributed by atoms with E-state index in [0.717, 1.165) is 60.4 Å². The van der Waals surface area contributed by atoms with Crippen molar-refractivity contribution in [2.75, 3.05) is 33.9 Å². The fourth-order valence-corrected chi connectivity index (χ4v) is 4.75. The van der Waals surface area contributed by atoms with Crippen LogP contribution in [0.15, 0.2) is 42.5 Å². The van der Waals surface area contributed by atoms with Gasteiger partial charge in [0.05, 0.1) is 11.9 Å². The maximum atomic E-state index is 13.6. The van der Waals surface area contributed by atoms with E-state index in [1.807, 2.05) is 12.1 Å². The number of piperidine rings is 1. The first-order valence-electron chi connectivity index (χ1n) is 9.77. The van der Waals surface area contributed by atoms with Crippen molar-refractivity contribution < 1.29 is 22.0 Å². The molecule has 30 heavy (non-hydrogen) atoms. The molecule has 0 aliphatic carbocycles. The van der Waals surface area contributed by atoms with Crippen molar-refractivity contribution in [2.24, 2.45) is 0 Å². The summed E-state index contributed by atoms with van der Waals surface area (Å²) < 4.78 is 52.2. The Bertz CT molecular complexity index is 1010. The van der Waals surface area contributed by atoms with E-state index in [2.05, 4.69) is 10.2 Å². The lowest BCUT2D eigenvalue weighted by atomic mass is 10.1. The molecule has 0 radical (unpaired) electrons. The van der Waals surface area contributed by atoms with E-state index in [1.54, 1.807) is 12.1 Å². The molecule has 1 saturated heterocycles. The minimum atomic E-state index is -3.93. The average Bonchev–Trinajstić information content (AvgIpc) is 2.71. The molecule has 1 N–H and O–H groups in total. The van der Waals surface area contributed by atoms with Gasteiger partial charge in [-0.1, -0.05) is 0 Å². The first kappa shape index (κ1) is 22.0. The summed E-state index contributed by atoms with van der Waals surface area (Å²) in [6, 6.07) is 8.88. The highest BCUT2D eigenvalue weighted by atomic mass is 32.2. The standard InChI is InChI=1S/C21H25F2N3O3S/c1-15(26(30(2,28)29)18-10-11-19(22)20(23)14-18)21(27)24-16-6-8-17(9-7-16)25-12-4-3-5-13-25/h6-11,14-15H,3-5,12-13H2,1-2H3,(H,24,27)/t15-/m0/s1.